The van der Waals surface area contributed by atoms with Crippen molar-refractivity contribution in [3.63, 3.8) is 0 Å². The fourth-order valence-electron chi connectivity index (χ4n) is 4.20. The monoisotopic (exact) mass is 437 g/mol. The van der Waals surface area contributed by atoms with Gasteiger partial charge in [0, 0.05) is 18.2 Å². The molecule has 2 heterocycles. The Morgan fingerprint density at radius 2 is 1.83 bits per heavy atom. The molecule has 8 nitrogen and oxygen atoms in total. The highest BCUT2D eigenvalue weighted by Crippen LogP contribution is 2.26. The topological polar surface area (TPSA) is 100 Å². The second-order valence-electron chi connectivity index (χ2n) is 8.65. The zero-order chi connectivity index (χ0) is 21.3. The standard InChI is InChI=1S/C21H35N5O3S/c1-26(2)13-14-30-21-25-24-20(29-21)18(27)17(15-9-11-22-12-10-15)23-19(28)16-7-5-3-4-6-8-16/h15-17,22H,3-14H2,1-2H3,(H,23,28). The molecule has 2 aliphatic rings. The van der Waals surface area contributed by atoms with Crippen LogP contribution in [0.3, 0.4) is 0 Å². The summed E-state index contributed by atoms with van der Waals surface area (Å²) in [5.41, 5.74) is 0. The lowest BCUT2D eigenvalue weighted by atomic mass is 9.86. The second-order valence-corrected chi connectivity index (χ2v) is 9.70. The molecule has 0 aromatic carbocycles. The lowest BCUT2D eigenvalue weighted by Crippen LogP contribution is -2.50. The van der Waals surface area contributed by atoms with E-state index in [-0.39, 0.29) is 29.4 Å². The number of piperidine rings is 1. The van der Waals surface area contributed by atoms with Gasteiger partial charge in [-0.1, -0.05) is 37.4 Å². The summed E-state index contributed by atoms with van der Waals surface area (Å²) < 4.78 is 5.65. The van der Waals surface area contributed by atoms with Crippen molar-refractivity contribution in [3.05, 3.63) is 5.89 Å². The normalized spacial score (nSPS) is 20.1. The van der Waals surface area contributed by atoms with Crippen molar-refractivity contribution in [3.8, 4) is 0 Å². The first-order valence-electron chi connectivity index (χ1n) is 11.2. The van der Waals surface area contributed by atoms with E-state index in [1.807, 2.05) is 14.1 Å². The third-order valence-corrected chi connectivity index (χ3v) is 6.84. The number of hydrogen-bond donors (Lipinski definition) is 2. The molecule has 1 saturated heterocycles. The van der Waals surface area contributed by atoms with Gasteiger partial charge in [-0.25, -0.2) is 0 Å². The molecule has 168 valence electrons. The summed E-state index contributed by atoms with van der Waals surface area (Å²) in [4.78, 5) is 28.3. The molecule has 9 heteroatoms. The van der Waals surface area contributed by atoms with Crippen LogP contribution in [0.4, 0.5) is 0 Å². The maximum atomic E-state index is 13.3. The number of nitrogens with one attached hydrogen (secondary N) is 2. The van der Waals surface area contributed by atoms with E-state index in [2.05, 4.69) is 25.7 Å². The van der Waals surface area contributed by atoms with Gasteiger partial charge < -0.3 is 20.0 Å². The molecule has 1 aliphatic heterocycles. The second kappa shape index (κ2) is 11.8. The van der Waals surface area contributed by atoms with Crippen LogP contribution in [0.15, 0.2) is 9.64 Å². The Morgan fingerprint density at radius 1 is 1.13 bits per heavy atom. The summed E-state index contributed by atoms with van der Waals surface area (Å²) in [6, 6.07) is -0.595. The lowest BCUT2D eigenvalue weighted by Gasteiger charge is -2.30. The van der Waals surface area contributed by atoms with Crippen LogP contribution in [0.2, 0.25) is 0 Å². The average Bonchev–Trinajstić information content (AvgIpc) is 3.04. The smallest absolute Gasteiger partial charge is 0.286 e. The molecule has 3 rings (SSSR count). The van der Waals surface area contributed by atoms with Gasteiger partial charge in [-0.2, -0.15) is 0 Å². The van der Waals surface area contributed by atoms with Crippen LogP contribution in [0, 0.1) is 11.8 Å². The van der Waals surface area contributed by atoms with Crippen LogP contribution >= 0.6 is 11.8 Å². The van der Waals surface area contributed by atoms with Crippen molar-refractivity contribution in [2.24, 2.45) is 11.8 Å². The van der Waals surface area contributed by atoms with Gasteiger partial charge in [-0.3, -0.25) is 9.59 Å². The molecule has 30 heavy (non-hydrogen) atoms. The fraction of sp³-hybridized carbons (Fsp3) is 0.810. The molecule has 1 aromatic heterocycles. The van der Waals surface area contributed by atoms with Crippen LogP contribution < -0.4 is 10.6 Å². The quantitative estimate of drug-likeness (QED) is 0.345. The summed E-state index contributed by atoms with van der Waals surface area (Å²) in [5, 5.41) is 14.8. The minimum absolute atomic E-state index is 0.00403. The third kappa shape index (κ3) is 6.78. The highest BCUT2D eigenvalue weighted by Gasteiger charge is 2.36. The minimum atomic E-state index is -0.595. The molecule has 0 bridgehead atoms. The average molecular weight is 438 g/mol. The maximum Gasteiger partial charge on any atom is 0.286 e. The fourth-order valence-corrected chi connectivity index (χ4v) is 5.07. The Kier molecular flexibility index (Phi) is 9.14. The predicted octanol–water partition coefficient (Wildman–Crippen LogP) is 2.36. The number of carbonyl (C=O) groups is 2. The molecule has 1 atom stereocenters. The van der Waals surface area contributed by atoms with E-state index >= 15 is 0 Å². The van der Waals surface area contributed by atoms with Crippen LogP contribution in [0.25, 0.3) is 0 Å². The van der Waals surface area contributed by atoms with Crippen molar-refractivity contribution < 1.29 is 14.0 Å². The van der Waals surface area contributed by atoms with Gasteiger partial charge in [0.1, 0.15) is 6.04 Å². The summed E-state index contributed by atoms with van der Waals surface area (Å²) in [7, 11) is 4.01. The van der Waals surface area contributed by atoms with E-state index < -0.39 is 6.04 Å². The van der Waals surface area contributed by atoms with Gasteiger partial charge in [-0.05, 0) is 58.8 Å². The van der Waals surface area contributed by atoms with Gasteiger partial charge in [0.15, 0.2) is 0 Å². The van der Waals surface area contributed by atoms with Gasteiger partial charge in [-0.15, -0.1) is 10.2 Å². The van der Waals surface area contributed by atoms with Crippen molar-refractivity contribution in [2.45, 2.75) is 62.6 Å². The van der Waals surface area contributed by atoms with Crippen molar-refractivity contribution in [2.75, 3.05) is 39.5 Å². The van der Waals surface area contributed by atoms with Crippen molar-refractivity contribution in [1.29, 1.82) is 0 Å². The number of Topliss-reactive ketones (excluding diaryl/α,β-unsaturated/α-hetero) is 1. The molecule has 1 aromatic rings. The molecule has 2 N–H and O–H groups in total. The Hall–Kier alpha value is -1.45. The highest BCUT2D eigenvalue weighted by atomic mass is 32.2. The van der Waals surface area contributed by atoms with Crippen LogP contribution in [-0.4, -0.2) is 72.3 Å². The van der Waals surface area contributed by atoms with E-state index in [1.165, 1.54) is 24.6 Å². The third-order valence-electron chi connectivity index (χ3n) is 6.04. The van der Waals surface area contributed by atoms with Crippen molar-refractivity contribution >= 4 is 23.5 Å². The molecule has 1 unspecified atom stereocenters. The molecule has 0 radical (unpaired) electrons. The van der Waals surface area contributed by atoms with Crippen LogP contribution in [0.5, 0.6) is 0 Å². The van der Waals surface area contributed by atoms with Gasteiger partial charge in [0.25, 0.3) is 11.1 Å². The zero-order valence-electron chi connectivity index (χ0n) is 18.2. The largest absolute Gasteiger partial charge is 0.408 e. The highest BCUT2D eigenvalue weighted by molar-refractivity contribution is 7.99. The van der Waals surface area contributed by atoms with Crippen LogP contribution in [0.1, 0.15) is 62.1 Å². The number of hydrogen-bond acceptors (Lipinski definition) is 8. The first kappa shape index (κ1) is 23.2. The van der Waals surface area contributed by atoms with Crippen LogP contribution in [-0.2, 0) is 4.79 Å². The Bertz CT molecular complexity index is 682. The van der Waals surface area contributed by atoms with E-state index in [9.17, 15) is 9.59 Å². The number of amides is 1. The molecule has 2 fully saturated rings. The van der Waals surface area contributed by atoms with E-state index in [0.29, 0.717) is 5.22 Å². The molecular formula is C21H35N5O3S. The lowest BCUT2D eigenvalue weighted by molar-refractivity contribution is -0.126. The molecule has 1 aliphatic carbocycles. The molecular weight excluding hydrogens is 402 g/mol. The van der Waals surface area contributed by atoms with E-state index in [1.54, 1.807) is 0 Å². The predicted molar refractivity (Wildman–Crippen MR) is 117 cm³/mol. The van der Waals surface area contributed by atoms with E-state index in [0.717, 1.165) is 63.9 Å². The van der Waals surface area contributed by atoms with Gasteiger partial charge in [0.05, 0.1) is 0 Å². The molecule has 1 amide bonds. The first-order valence-corrected chi connectivity index (χ1v) is 12.2. The number of nitrogens with zero attached hydrogens (tertiary/aromatic N) is 3. The Morgan fingerprint density at radius 3 is 2.50 bits per heavy atom. The first-order chi connectivity index (χ1) is 14.5. The van der Waals surface area contributed by atoms with Gasteiger partial charge in [0.2, 0.25) is 11.7 Å². The Balaban J connectivity index is 1.67. The van der Waals surface area contributed by atoms with E-state index in [4.69, 9.17) is 4.42 Å². The summed E-state index contributed by atoms with van der Waals surface area (Å²) in [6.07, 6.45) is 8.06. The summed E-state index contributed by atoms with van der Waals surface area (Å²) in [5.74, 6) is 0.658. The SMILES string of the molecule is CN(C)CCSc1nnc(C(=O)C(NC(=O)C2CCCCCC2)C2CCNCC2)o1. The summed E-state index contributed by atoms with van der Waals surface area (Å²) in [6.45, 7) is 2.58. The zero-order valence-corrected chi connectivity index (χ0v) is 19.0. The van der Waals surface area contributed by atoms with Crippen molar-refractivity contribution in [1.82, 2.24) is 25.7 Å². The number of carbonyl (C=O) groups excluding carboxylic acids is 2. The number of thioether (sulfide) groups is 1. The molecule has 0 spiro atoms. The Labute approximate surface area is 183 Å². The number of aromatic nitrogens is 2. The van der Waals surface area contributed by atoms with Gasteiger partial charge >= 0.3 is 0 Å². The number of rotatable bonds is 9. The maximum absolute atomic E-state index is 13.3. The minimum Gasteiger partial charge on any atom is -0.408 e. The number of ketones is 1. The summed E-state index contributed by atoms with van der Waals surface area (Å²) >= 11 is 1.44. The molecule has 1 saturated carbocycles.